The van der Waals surface area contributed by atoms with Crippen molar-refractivity contribution < 1.29 is 29.4 Å². The quantitative estimate of drug-likeness (QED) is 0.0639. The summed E-state index contributed by atoms with van der Waals surface area (Å²) in [5, 5.41) is 23.3. The fourth-order valence-electron chi connectivity index (χ4n) is 4.83. The van der Waals surface area contributed by atoms with E-state index in [-0.39, 0.29) is 24.7 Å². The molecule has 0 saturated heterocycles. The van der Waals surface area contributed by atoms with Gasteiger partial charge in [0.2, 0.25) is 11.8 Å². The highest BCUT2D eigenvalue weighted by Crippen LogP contribution is 2.11. The molecule has 0 aliphatic carbocycles. The van der Waals surface area contributed by atoms with E-state index in [0.29, 0.717) is 12.8 Å². The predicted octanol–water partition coefficient (Wildman–Crippen LogP) is 7.53. The lowest BCUT2D eigenvalue weighted by molar-refractivity contribution is -0.138. The second-order valence-electron chi connectivity index (χ2n) is 11.3. The fourth-order valence-corrected chi connectivity index (χ4v) is 4.83. The van der Waals surface area contributed by atoms with Crippen LogP contribution in [0.25, 0.3) is 0 Å². The van der Waals surface area contributed by atoms with Gasteiger partial charge in [-0.1, -0.05) is 103 Å². The average Bonchev–Trinajstić information content (AvgIpc) is 2.91. The Morgan fingerprint density at radius 3 is 0.825 bits per heavy atom. The molecule has 0 heterocycles. The van der Waals surface area contributed by atoms with Gasteiger partial charge in [-0.2, -0.15) is 0 Å². The minimum atomic E-state index is -0.703. The largest absolute Gasteiger partial charge is 0.481 e. The van der Waals surface area contributed by atoms with Crippen molar-refractivity contribution >= 4 is 23.8 Å². The summed E-state index contributed by atoms with van der Waals surface area (Å²) in [6.45, 7) is 1.52. The van der Waals surface area contributed by atoms with Gasteiger partial charge in [-0.05, 0) is 38.5 Å². The molecule has 0 aromatic carbocycles. The van der Waals surface area contributed by atoms with Crippen molar-refractivity contribution in [1.82, 2.24) is 10.6 Å². The second-order valence-corrected chi connectivity index (χ2v) is 11.3. The number of unbranched alkanes of at least 4 members (excludes halogenated alkanes) is 19. The summed E-state index contributed by atoms with van der Waals surface area (Å²) in [5.74, 6) is -1.09. The predicted molar refractivity (Wildman–Crippen MR) is 161 cm³/mol. The molecule has 234 valence electrons. The van der Waals surface area contributed by atoms with Crippen molar-refractivity contribution in [2.75, 3.05) is 13.1 Å². The first-order valence-corrected chi connectivity index (χ1v) is 16.4. The van der Waals surface area contributed by atoms with Crippen LogP contribution in [0.4, 0.5) is 0 Å². The molecule has 0 rings (SSSR count). The van der Waals surface area contributed by atoms with Crippen LogP contribution >= 0.6 is 0 Å². The summed E-state index contributed by atoms with van der Waals surface area (Å²) in [4.78, 5) is 44.8. The number of nitrogens with one attached hydrogen (secondary N) is 2. The third-order valence-corrected chi connectivity index (χ3v) is 7.34. The maximum Gasteiger partial charge on any atom is 0.303 e. The SMILES string of the molecule is O=C(O)CCCCCCCCCCNC(=O)CCCCCCCCC(=O)NCCCCCCCCCCC(=O)O. The lowest BCUT2D eigenvalue weighted by Gasteiger charge is -2.06. The van der Waals surface area contributed by atoms with Gasteiger partial charge in [-0.25, -0.2) is 0 Å². The first-order valence-electron chi connectivity index (χ1n) is 16.4. The van der Waals surface area contributed by atoms with E-state index in [1.807, 2.05) is 0 Å². The van der Waals surface area contributed by atoms with E-state index in [1.165, 1.54) is 38.5 Å². The van der Waals surface area contributed by atoms with Crippen molar-refractivity contribution in [1.29, 1.82) is 0 Å². The van der Waals surface area contributed by atoms with E-state index in [0.717, 1.165) is 116 Å². The Morgan fingerprint density at radius 1 is 0.325 bits per heavy atom. The molecule has 0 unspecified atom stereocenters. The number of amides is 2. The van der Waals surface area contributed by atoms with E-state index in [2.05, 4.69) is 10.6 Å². The van der Waals surface area contributed by atoms with Gasteiger partial charge in [0.05, 0.1) is 0 Å². The van der Waals surface area contributed by atoms with Crippen molar-refractivity contribution in [2.24, 2.45) is 0 Å². The molecule has 0 aliphatic heterocycles. The second kappa shape index (κ2) is 29.9. The number of carbonyl (C=O) groups excluding carboxylic acids is 2. The van der Waals surface area contributed by atoms with Crippen LogP contribution in [0, 0.1) is 0 Å². The van der Waals surface area contributed by atoms with E-state index in [1.54, 1.807) is 0 Å². The highest BCUT2D eigenvalue weighted by atomic mass is 16.4. The Kier molecular flexibility index (Phi) is 28.3. The molecular formula is C32H60N2O6. The van der Waals surface area contributed by atoms with Gasteiger partial charge < -0.3 is 20.8 Å². The molecule has 0 aliphatic rings. The first-order chi connectivity index (χ1) is 19.4. The molecule has 0 spiro atoms. The average molecular weight is 569 g/mol. The van der Waals surface area contributed by atoms with E-state index in [9.17, 15) is 19.2 Å². The zero-order valence-electron chi connectivity index (χ0n) is 25.3. The number of hydrogen-bond donors (Lipinski definition) is 4. The number of rotatable bonds is 31. The molecule has 0 radical (unpaired) electrons. The first kappa shape index (κ1) is 37.9. The van der Waals surface area contributed by atoms with Crippen molar-refractivity contribution in [3.63, 3.8) is 0 Å². The Hall–Kier alpha value is -2.12. The lowest BCUT2D eigenvalue weighted by Crippen LogP contribution is -2.24. The molecule has 0 saturated carbocycles. The summed E-state index contributed by atoms with van der Waals surface area (Å²) in [6, 6.07) is 0. The Labute approximate surface area is 243 Å². The molecule has 8 nitrogen and oxygen atoms in total. The maximum atomic E-state index is 12.0. The third kappa shape index (κ3) is 32.1. The number of hydrogen-bond acceptors (Lipinski definition) is 4. The highest BCUT2D eigenvalue weighted by Gasteiger charge is 2.03. The van der Waals surface area contributed by atoms with Gasteiger partial charge in [-0.3, -0.25) is 19.2 Å². The van der Waals surface area contributed by atoms with E-state index in [4.69, 9.17) is 10.2 Å². The van der Waals surface area contributed by atoms with E-state index >= 15 is 0 Å². The third-order valence-electron chi connectivity index (χ3n) is 7.34. The molecule has 2 amide bonds. The molecule has 0 aromatic heterocycles. The monoisotopic (exact) mass is 568 g/mol. The van der Waals surface area contributed by atoms with E-state index < -0.39 is 11.9 Å². The van der Waals surface area contributed by atoms with Gasteiger partial charge in [0.15, 0.2) is 0 Å². The summed E-state index contributed by atoms with van der Waals surface area (Å²) in [6.07, 6.45) is 25.2. The number of aliphatic carboxylic acids is 2. The Morgan fingerprint density at radius 2 is 0.550 bits per heavy atom. The highest BCUT2D eigenvalue weighted by molar-refractivity contribution is 5.76. The molecule has 4 N–H and O–H groups in total. The number of carboxylic acid groups (broad SMARTS) is 2. The smallest absolute Gasteiger partial charge is 0.303 e. The van der Waals surface area contributed by atoms with Crippen LogP contribution < -0.4 is 10.6 Å². The zero-order valence-corrected chi connectivity index (χ0v) is 25.3. The lowest BCUT2D eigenvalue weighted by atomic mass is 10.1. The van der Waals surface area contributed by atoms with Crippen LogP contribution in [0.15, 0.2) is 0 Å². The summed E-state index contributed by atoms with van der Waals surface area (Å²) < 4.78 is 0. The number of carboxylic acids is 2. The Bertz CT molecular complexity index is 587. The van der Waals surface area contributed by atoms with Crippen molar-refractivity contribution in [3.8, 4) is 0 Å². The topological polar surface area (TPSA) is 133 Å². The molecular weight excluding hydrogens is 508 g/mol. The van der Waals surface area contributed by atoms with Crippen molar-refractivity contribution in [3.05, 3.63) is 0 Å². The molecule has 8 heteroatoms. The molecule has 0 bridgehead atoms. The van der Waals surface area contributed by atoms with Crippen LogP contribution in [-0.2, 0) is 19.2 Å². The summed E-state index contributed by atoms with van der Waals surface area (Å²) >= 11 is 0. The summed E-state index contributed by atoms with van der Waals surface area (Å²) in [7, 11) is 0. The standard InChI is InChI=1S/C32H60N2O6/c35-29(33-27-21-15-9-3-1-5-13-19-25-31(37)38)23-17-11-7-8-12-18-24-30(36)34-28-22-16-10-4-2-6-14-20-26-32(39)40/h1-28H2,(H,33,35)(H,34,36)(H,37,38)(H,39,40). The minimum absolute atomic E-state index is 0.156. The van der Waals surface area contributed by atoms with Crippen LogP contribution in [0.3, 0.4) is 0 Å². The fraction of sp³-hybridized carbons (Fsp3) is 0.875. The molecule has 0 atom stereocenters. The van der Waals surface area contributed by atoms with Gasteiger partial charge in [-0.15, -0.1) is 0 Å². The van der Waals surface area contributed by atoms with Gasteiger partial charge in [0.1, 0.15) is 0 Å². The molecule has 40 heavy (non-hydrogen) atoms. The minimum Gasteiger partial charge on any atom is -0.481 e. The Balaban J connectivity index is 3.27. The van der Waals surface area contributed by atoms with Crippen molar-refractivity contribution in [2.45, 2.75) is 167 Å². The van der Waals surface area contributed by atoms with Crippen LogP contribution in [0.1, 0.15) is 167 Å². The van der Waals surface area contributed by atoms with Crippen LogP contribution in [0.5, 0.6) is 0 Å². The number of carbonyl (C=O) groups is 4. The molecule has 0 fully saturated rings. The maximum absolute atomic E-state index is 12.0. The van der Waals surface area contributed by atoms with Crippen LogP contribution in [-0.4, -0.2) is 47.1 Å². The summed E-state index contributed by atoms with van der Waals surface area (Å²) in [5.41, 5.74) is 0. The molecule has 0 aromatic rings. The van der Waals surface area contributed by atoms with Gasteiger partial charge in [0, 0.05) is 38.8 Å². The zero-order chi connectivity index (χ0) is 29.5. The normalized spacial score (nSPS) is 10.9. The van der Waals surface area contributed by atoms with Crippen LogP contribution in [0.2, 0.25) is 0 Å². The van der Waals surface area contributed by atoms with Gasteiger partial charge in [0.25, 0.3) is 0 Å². The van der Waals surface area contributed by atoms with Gasteiger partial charge >= 0.3 is 11.9 Å².